The van der Waals surface area contributed by atoms with Gasteiger partial charge in [0, 0.05) is 22.1 Å². The molecule has 39 heavy (non-hydrogen) atoms. The van der Waals surface area contributed by atoms with Crippen molar-refractivity contribution in [2.45, 2.75) is 50.7 Å². The Labute approximate surface area is 248 Å². The number of nitrogens with one attached hydrogen (secondary N) is 1. The Kier molecular flexibility index (Phi) is 10.8. The molecule has 1 N–H and O–H groups in total. The fourth-order valence-electron chi connectivity index (χ4n) is 3.79. The second-order valence-corrected chi connectivity index (χ2v) is 12.7. The van der Waals surface area contributed by atoms with Gasteiger partial charge >= 0.3 is 0 Å². The van der Waals surface area contributed by atoms with Crippen molar-refractivity contribution in [1.29, 1.82) is 0 Å². The lowest BCUT2D eigenvalue weighted by Crippen LogP contribution is -2.52. The van der Waals surface area contributed by atoms with Crippen LogP contribution >= 0.6 is 39.1 Å². The molecule has 0 aliphatic rings. The first-order valence-electron chi connectivity index (χ1n) is 12.3. The van der Waals surface area contributed by atoms with Gasteiger partial charge in [-0.25, -0.2) is 8.42 Å². The second-order valence-electron chi connectivity index (χ2n) is 9.07. The number of benzene rings is 3. The topological polar surface area (TPSA) is 86.8 Å². The first kappa shape index (κ1) is 30.9. The quantitative estimate of drug-likeness (QED) is 0.264. The Morgan fingerprint density at radius 2 is 1.67 bits per heavy atom. The molecule has 0 spiro atoms. The third-order valence-electron chi connectivity index (χ3n) is 6.20. The van der Waals surface area contributed by atoms with Gasteiger partial charge in [0.25, 0.3) is 10.0 Å². The summed E-state index contributed by atoms with van der Waals surface area (Å²) in [6.07, 6.45) is 0.717. The minimum atomic E-state index is -4.24. The van der Waals surface area contributed by atoms with Crippen molar-refractivity contribution in [3.05, 3.63) is 92.9 Å². The van der Waals surface area contributed by atoms with Crippen molar-refractivity contribution in [3.63, 3.8) is 0 Å². The van der Waals surface area contributed by atoms with Gasteiger partial charge in [-0.2, -0.15) is 0 Å². The molecule has 0 bridgehead atoms. The molecule has 3 rings (SSSR count). The predicted molar refractivity (Wildman–Crippen MR) is 159 cm³/mol. The van der Waals surface area contributed by atoms with Crippen molar-refractivity contribution in [3.8, 4) is 0 Å². The minimum Gasteiger partial charge on any atom is -0.352 e. The van der Waals surface area contributed by atoms with Crippen LogP contribution in [-0.4, -0.2) is 43.8 Å². The van der Waals surface area contributed by atoms with E-state index in [0.29, 0.717) is 6.42 Å². The minimum absolute atomic E-state index is 0.0186. The first-order valence-corrected chi connectivity index (χ1v) is 15.3. The van der Waals surface area contributed by atoms with Gasteiger partial charge in [0.15, 0.2) is 0 Å². The van der Waals surface area contributed by atoms with E-state index < -0.39 is 28.5 Å². The average molecular weight is 655 g/mol. The summed E-state index contributed by atoms with van der Waals surface area (Å²) < 4.78 is 29.4. The van der Waals surface area contributed by atoms with Gasteiger partial charge in [-0.3, -0.25) is 13.9 Å². The lowest BCUT2D eigenvalue weighted by molar-refractivity contribution is -0.139. The maximum absolute atomic E-state index is 13.9. The SMILES string of the molecule is CCC(C)NC(=O)C(C)N(Cc1cccc(Br)c1)C(=O)CN(c1cc(Cl)ccc1Cl)S(=O)(=O)c1ccccc1. The van der Waals surface area contributed by atoms with Gasteiger partial charge in [0.2, 0.25) is 11.8 Å². The van der Waals surface area contributed by atoms with Crippen molar-refractivity contribution >= 4 is 66.7 Å². The van der Waals surface area contributed by atoms with E-state index in [1.54, 1.807) is 25.1 Å². The van der Waals surface area contributed by atoms with Gasteiger partial charge in [0.05, 0.1) is 15.6 Å². The van der Waals surface area contributed by atoms with Gasteiger partial charge in [-0.15, -0.1) is 0 Å². The molecule has 3 aromatic carbocycles. The van der Waals surface area contributed by atoms with Crippen LogP contribution in [-0.2, 0) is 26.2 Å². The van der Waals surface area contributed by atoms with E-state index in [4.69, 9.17) is 23.2 Å². The lowest BCUT2D eigenvalue weighted by atomic mass is 10.1. The van der Waals surface area contributed by atoms with E-state index in [0.717, 1.165) is 14.3 Å². The fraction of sp³-hybridized carbons (Fsp3) is 0.286. The molecule has 0 aliphatic carbocycles. The number of hydrogen-bond acceptors (Lipinski definition) is 4. The Balaban J connectivity index is 2.06. The van der Waals surface area contributed by atoms with E-state index in [9.17, 15) is 18.0 Å². The van der Waals surface area contributed by atoms with E-state index in [1.807, 2.05) is 38.1 Å². The summed E-state index contributed by atoms with van der Waals surface area (Å²) in [4.78, 5) is 28.4. The Morgan fingerprint density at radius 3 is 2.31 bits per heavy atom. The molecular formula is C28H30BrCl2N3O4S. The van der Waals surface area contributed by atoms with Crippen LogP contribution in [0.5, 0.6) is 0 Å². The maximum Gasteiger partial charge on any atom is 0.264 e. The summed E-state index contributed by atoms with van der Waals surface area (Å²) in [5.74, 6) is -0.928. The molecule has 0 aromatic heterocycles. The number of halogens is 3. The molecule has 0 saturated carbocycles. The molecule has 3 aromatic rings. The van der Waals surface area contributed by atoms with Gasteiger partial charge in [-0.05, 0) is 68.3 Å². The van der Waals surface area contributed by atoms with Crippen molar-refractivity contribution in [2.24, 2.45) is 0 Å². The third-order valence-corrected chi connectivity index (χ3v) is 9.02. The number of amides is 2. The van der Waals surface area contributed by atoms with E-state index in [2.05, 4.69) is 21.2 Å². The molecule has 2 atom stereocenters. The highest BCUT2D eigenvalue weighted by atomic mass is 79.9. The number of carbonyl (C=O) groups excluding carboxylic acids is 2. The summed E-state index contributed by atoms with van der Waals surface area (Å²) in [6.45, 7) is 4.92. The molecule has 0 radical (unpaired) electrons. The zero-order valence-corrected chi connectivity index (χ0v) is 25.7. The van der Waals surface area contributed by atoms with Gasteiger partial charge in [0.1, 0.15) is 12.6 Å². The first-order chi connectivity index (χ1) is 18.4. The number of nitrogens with zero attached hydrogens (tertiary/aromatic N) is 2. The Morgan fingerprint density at radius 1 is 0.974 bits per heavy atom. The Hall–Kier alpha value is -2.59. The van der Waals surface area contributed by atoms with Crippen LogP contribution in [0.2, 0.25) is 10.0 Å². The molecule has 7 nitrogen and oxygen atoms in total. The van der Waals surface area contributed by atoms with Crippen LogP contribution in [0.4, 0.5) is 5.69 Å². The summed E-state index contributed by atoms with van der Waals surface area (Å²) in [5.41, 5.74) is 0.819. The van der Waals surface area contributed by atoms with Crippen molar-refractivity contribution < 1.29 is 18.0 Å². The molecule has 208 valence electrons. The predicted octanol–water partition coefficient (Wildman–Crippen LogP) is 6.28. The molecule has 0 heterocycles. The Bertz CT molecular complexity index is 1420. The molecule has 0 saturated heterocycles. The maximum atomic E-state index is 13.9. The molecular weight excluding hydrogens is 625 g/mol. The molecule has 0 aliphatic heterocycles. The molecule has 2 unspecified atom stereocenters. The molecule has 0 fully saturated rings. The highest BCUT2D eigenvalue weighted by Gasteiger charge is 2.33. The van der Waals surface area contributed by atoms with E-state index in [1.165, 1.54) is 35.2 Å². The van der Waals surface area contributed by atoms with Crippen molar-refractivity contribution in [2.75, 3.05) is 10.8 Å². The fourth-order valence-corrected chi connectivity index (χ4v) is 6.12. The zero-order chi connectivity index (χ0) is 28.7. The van der Waals surface area contributed by atoms with Gasteiger partial charge < -0.3 is 10.2 Å². The zero-order valence-electron chi connectivity index (χ0n) is 21.8. The standard InChI is InChI=1S/C28H30BrCl2N3O4S/c1-4-19(2)32-28(36)20(3)33(17-21-9-8-10-22(29)15-21)27(35)18-34(26-16-23(30)13-14-25(26)31)39(37,38)24-11-6-5-7-12-24/h5-16,19-20H,4,17-18H2,1-3H3,(H,32,36). The smallest absolute Gasteiger partial charge is 0.264 e. The number of hydrogen-bond donors (Lipinski definition) is 1. The average Bonchev–Trinajstić information content (AvgIpc) is 2.91. The summed E-state index contributed by atoms with van der Waals surface area (Å²) in [5, 5.41) is 3.26. The van der Waals surface area contributed by atoms with Crippen LogP contribution in [0.1, 0.15) is 32.8 Å². The third kappa shape index (κ3) is 7.97. The second kappa shape index (κ2) is 13.7. The normalized spacial score (nSPS) is 12.9. The number of carbonyl (C=O) groups is 2. The molecule has 11 heteroatoms. The van der Waals surface area contributed by atoms with Crippen LogP contribution < -0.4 is 9.62 Å². The van der Waals surface area contributed by atoms with Gasteiger partial charge in [-0.1, -0.05) is 76.4 Å². The summed E-state index contributed by atoms with van der Waals surface area (Å²) in [6, 6.07) is 18.5. The van der Waals surface area contributed by atoms with E-state index >= 15 is 0 Å². The highest BCUT2D eigenvalue weighted by Crippen LogP contribution is 2.33. The number of rotatable bonds is 11. The summed E-state index contributed by atoms with van der Waals surface area (Å²) >= 11 is 16.1. The number of sulfonamides is 1. The highest BCUT2D eigenvalue weighted by molar-refractivity contribution is 9.10. The van der Waals surface area contributed by atoms with Crippen LogP contribution in [0, 0.1) is 0 Å². The van der Waals surface area contributed by atoms with Crippen LogP contribution in [0.3, 0.4) is 0 Å². The monoisotopic (exact) mass is 653 g/mol. The molecule has 2 amide bonds. The van der Waals surface area contributed by atoms with E-state index in [-0.39, 0.29) is 39.1 Å². The van der Waals surface area contributed by atoms with Crippen LogP contribution in [0.15, 0.2) is 82.2 Å². The summed E-state index contributed by atoms with van der Waals surface area (Å²) in [7, 11) is -4.24. The lowest BCUT2D eigenvalue weighted by Gasteiger charge is -2.32. The van der Waals surface area contributed by atoms with Crippen molar-refractivity contribution in [1.82, 2.24) is 10.2 Å². The van der Waals surface area contributed by atoms with Crippen LogP contribution in [0.25, 0.3) is 0 Å². The number of anilines is 1. The largest absolute Gasteiger partial charge is 0.352 e.